The predicted molar refractivity (Wildman–Crippen MR) is 87.7 cm³/mol. The van der Waals surface area contributed by atoms with Crippen molar-refractivity contribution < 1.29 is 19.1 Å². The minimum Gasteiger partial charge on any atom is -0.382 e. The lowest BCUT2D eigenvalue weighted by molar-refractivity contribution is -0.119. The monoisotopic (exact) mass is 320 g/mol. The van der Waals surface area contributed by atoms with Crippen molar-refractivity contribution >= 4 is 17.5 Å². The molecule has 1 aliphatic rings. The summed E-state index contributed by atoms with van der Waals surface area (Å²) >= 11 is 0. The van der Waals surface area contributed by atoms with Crippen LogP contribution in [0.2, 0.25) is 0 Å². The molecule has 1 N–H and O–H groups in total. The molecule has 1 aromatic carbocycles. The number of benzene rings is 1. The van der Waals surface area contributed by atoms with Crippen molar-refractivity contribution in [3.63, 3.8) is 0 Å². The first-order valence-electron chi connectivity index (χ1n) is 7.97. The number of nitrogens with one attached hydrogen (secondary N) is 1. The Hall–Kier alpha value is -1.92. The summed E-state index contributed by atoms with van der Waals surface area (Å²) in [6, 6.07) is 7.15. The second-order valence-corrected chi connectivity index (χ2v) is 5.41. The van der Waals surface area contributed by atoms with E-state index >= 15 is 0 Å². The predicted octanol–water partition coefficient (Wildman–Crippen LogP) is 1.60. The molecule has 23 heavy (non-hydrogen) atoms. The summed E-state index contributed by atoms with van der Waals surface area (Å²) < 4.78 is 10.2. The molecule has 126 valence electrons. The molecule has 0 atom stereocenters. The number of piperidine rings is 1. The molecule has 1 aromatic rings. The molecule has 1 fully saturated rings. The maximum Gasteiger partial charge on any atom is 0.251 e. The van der Waals surface area contributed by atoms with Gasteiger partial charge in [0.2, 0.25) is 5.91 Å². The lowest BCUT2D eigenvalue weighted by atomic mass is 10.1. The summed E-state index contributed by atoms with van der Waals surface area (Å²) in [6.45, 7) is 2.73. The van der Waals surface area contributed by atoms with Crippen LogP contribution in [0.5, 0.6) is 0 Å². The zero-order chi connectivity index (χ0) is 16.5. The van der Waals surface area contributed by atoms with Crippen LogP contribution in [-0.4, -0.2) is 51.8 Å². The van der Waals surface area contributed by atoms with Crippen molar-refractivity contribution in [2.45, 2.75) is 19.3 Å². The third-order valence-electron chi connectivity index (χ3n) is 3.73. The summed E-state index contributed by atoms with van der Waals surface area (Å²) in [4.78, 5) is 25.7. The molecule has 1 aliphatic heterocycles. The standard InChI is InChI=1S/C17H24N2O4/c1-22-12-13-23-11-9-18-17(21)14-5-7-15(8-6-14)19-10-3-2-4-16(19)20/h5-8H,2-4,9-13H2,1H3,(H,18,21). The summed E-state index contributed by atoms with van der Waals surface area (Å²) in [5.41, 5.74) is 1.43. The van der Waals surface area contributed by atoms with Crippen molar-refractivity contribution in [3.8, 4) is 0 Å². The van der Waals surface area contributed by atoms with E-state index in [9.17, 15) is 9.59 Å². The zero-order valence-electron chi connectivity index (χ0n) is 13.5. The van der Waals surface area contributed by atoms with E-state index in [1.165, 1.54) is 0 Å². The first kappa shape index (κ1) is 17.4. The van der Waals surface area contributed by atoms with Gasteiger partial charge in [-0.05, 0) is 37.1 Å². The maximum atomic E-state index is 12.0. The number of methoxy groups -OCH3 is 1. The molecule has 0 spiro atoms. The molecular formula is C17H24N2O4. The van der Waals surface area contributed by atoms with Crippen LogP contribution in [0.4, 0.5) is 5.69 Å². The Kier molecular flexibility index (Phi) is 7.03. The van der Waals surface area contributed by atoms with E-state index in [-0.39, 0.29) is 11.8 Å². The fourth-order valence-corrected chi connectivity index (χ4v) is 2.45. The Labute approximate surface area is 136 Å². The van der Waals surface area contributed by atoms with E-state index in [1.54, 1.807) is 24.1 Å². The van der Waals surface area contributed by atoms with Crippen LogP contribution in [-0.2, 0) is 14.3 Å². The fraction of sp³-hybridized carbons (Fsp3) is 0.529. The second kappa shape index (κ2) is 9.27. The van der Waals surface area contributed by atoms with Gasteiger partial charge in [0.05, 0.1) is 19.8 Å². The number of carbonyl (C=O) groups excluding carboxylic acids is 2. The van der Waals surface area contributed by atoms with Crippen LogP contribution in [0.15, 0.2) is 24.3 Å². The molecule has 2 amide bonds. The number of anilines is 1. The number of carbonyl (C=O) groups is 2. The first-order valence-corrected chi connectivity index (χ1v) is 7.97. The molecule has 0 bridgehead atoms. The van der Waals surface area contributed by atoms with Gasteiger partial charge < -0.3 is 19.7 Å². The maximum absolute atomic E-state index is 12.0. The molecule has 6 nitrogen and oxygen atoms in total. The molecule has 0 saturated carbocycles. The molecule has 6 heteroatoms. The second-order valence-electron chi connectivity index (χ2n) is 5.41. The normalized spacial score (nSPS) is 14.8. The van der Waals surface area contributed by atoms with Crippen molar-refractivity contribution in [2.75, 3.05) is 44.9 Å². The van der Waals surface area contributed by atoms with Crippen molar-refractivity contribution in [1.82, 2.24) is 5.32 Å². The molecule has 1 saturated heterocycles. The Balaban J connectivity index is 1.79. The van der Waals surface area contributed by atoms with E-state index < -0.39 is 0 Å². The van der Waals surface area contributed by atoms with Crippen LogP contribution in [0.25, 0.3) is 0 Å². The van der Waals surface area contributed by atoms with Crippen molar-refractivity contribution in [1.29, 1.82) is 0 Å². The van der Waals surface area contributed by atoms with Crippen molar-refractivity contribution in [3.05, 3.63) is 29.8 Å². The van der Waals surface area contributed by atoms with Crippen LogP contribution in [0, 0.1) is 0 Å². The summed E-state index contributed by atoms with van der Waals surface area (Å²) in [5, 5.41) is 2.80. The average Bonchev–Trinajstić information content (AvgIpc) is 2.58. The lowest BCUT2D eigenvalue weighted by Gasteiger charge is -2.26. The Morgan fingerprint density at radius 2 is 1.96 bits per heavy atom. The van der Waals surface area contributed by atoms with Gasteiger partial charge in [-0.25, -0.2) is 0 Å². The Morgan fingerprint density at radius 1 is 1.17 bits per heavy atom. The summed E-state index contributed by atoms with van der Waals surface area (Å²) in [7, 11) is 1.62. The lowest BCUT2D eigenvalue weighted by Crippen LogP contribution is -2.35. The van der Waals surface area contributed by atoms with Gasteiger partial charge in [-0.15, -0.1) is 0 Å². The quantitative estimate of drug-likeness (QED) is 0.739. The highest BCUT2D eigenvalue weighted by atomic mass is 16.5. The largest absolute Gasteiger partial charge is 0.382 e. The van der Waals surface area contributed by atoms with Gasteiger partial charge in [-0.2, -0.15) is 0 Å². The van der Waals surface area contributed by atoms with Gasteiger partial charge >= 0.3 is 0 Å². The number of rotatable bonds is 8. The number of hydrogen-bond acceptors (Lipinski definition) is 4. The number of amides is 2. The minimum atomic E-state index is -0.142. The molecule has 0 aromatic heterocycles. The SMILES string of the molecule is COCCOCCNC(=O)c1ccc(N2CCCCC2=O)cc1. The van der Waals surface area contributed by atoms with E-state index in [1.807, 2.05) is 12.1 Å². The number of nitrogens with zero attached hydrogens (tertiary/aromatic N) is 1. The van der Waals surface area contributed by atoms with Crippen LogP contribution in [0.3, 0.4) is 0 Å². The summed E-state index contributed by atoms with van der Waals surface area (Å²) in [5.74, 6) is 0.0125. The third-order valence-corrected chi connectivity index (χ3v) is 3.73. The topological polar surface area (TPSA) is 67.9 Å². The molecular weight excluding hydrogens is 296 g/mol. The number of ether oxygens (including phenoxy) is 2. The zero-order valence-corrected chi connectivity index (χ0v) is 13.5. The van der Waals surface area contributed by atoms with E-state index in [0.717, 1.165) is 25.1 Å². The van der Waals surface area contributed by atoms with Gasteiger partial charge in [-0.3, -0.25) is 9.59 Å². The first-order chi connectivity index (χ1) is 11.2. The highest BCUT2D eigenvalue weighted by Crippen LogP contribution is 2.21. The molecule has 1 heterocycles. The molecule has 0 aliphatic carbocycles. The van der Waals surface area contributed by atoms with Gasteiger partial charge in [0.25, 0.3) is 5.91 Å². The van der Waals surface area contributed by atoms with Crippen LogP contribution < -0.4 is 10.2 Å². The van der Waals surface area contributed by atoms with Gasteiger partial charge in [0, 0.05) is 37.9 Å². The van der Waals surface area contributed by atoms with E-state index in [4.69, 9.17) is 9.47 Å². The van der Waals surface area contributed by atoms with Gasteiger partial charge in [-0.1, -0.05) is 0 Å². The molecule has 2 rings (SSSR count). The van der Waals surface area contributed by atoms with E-state index in [0.29, 0.717) is 38.3 Å². The third kappa shape index (κ3) is 5.33. The number of hydrogen-bond donors (Lipinski definition) is 1. The Morgan fingerprint density at radius 3 is 2.65 bits per heavy atom. The van der Waals surface area contributed by atoms with E-state index in [2.05, 4.69) is 5.32 Å². The minimum absolute atomic E-state index is 0.142. The average molecular weight is 320 g/mol. The summed E-state index contributed by atoms with van der Waals surface area (Å²) in [6.07, 6.45) is 2.59. The Bertz CT molecular complexity index is 516. The van der Waals surface area contributed by atoms with Crippen LogP contribution in [0.1, 0.15) is 29.6 Å². The molecule has 0 radical (unpaired) electrons. The van der Waals surface area contributed by atoms with Gasteiger partial charge in [0.15, 0.2) is 0 Å². The fourth-order valence-electron chi connectivity index (χ4n) is 2.45. The van der Waals surface area contributed by atoms with Crippen LogP contribution >= 0.6 is 0 Å². The van der Waals surface area contributed by atoms with Crippen molar-refractivity contribution in [2.24, 2.45) is 0 Å². The highest BCUT2D eigenvalue weighted by Gasteiger charge is 2.19. The molecule has 0 unspecified atom stereocenters. The smallest absolute Gasteiger partial charge is 0.251 e. The highest BCUT2D eigenvalue weighted by molar-refractivity contribution is 5.96. The van der Waals surface area contributed by atoms with Gasteiger partial charge in [0.1, 0.15) is 0 Å².